The maximum absolute atomic E-state index is 14.1. The van der Waals surface area contributed by atoms with Gasteiger partial charge in [0.2, 0.25) is 0 Å². The molecule has 2 aromatic rings. The number of hydrogen-bond donors (Lipinski definition) is 1. The second-order valence-electron chi connectivity index (χ2n) is 8.96. The van der Waals surface area contributed by atoms with Gasteiger partial charge in [0, 0.05) is 11.8 Å². The third kappa shape index (κ3) is 5.85. The Morgan fingerprint density at radius 3 is 1.97 bits per heavy atom. The number of benzene rings is 2. The summed E-state index contributed by atoms with van der Waals surface area (Å²) in [4.78, 5) is 16.8. The van der Waals surface area contributed by atoms with Gasteiger partial charge in [0.15, 0.2) is 0 Å². The summed E-state index contributed by atoms with van der Waals surface area (Å²) in [6, 6.07) is 8.77. The van der Waals surface area contributed by atoms with Crippen molar-refractivity contribution in [2.24, 2.45) is 4.99 Å². The first-order valence-electron chi connectivity index (χ1n) is 11.0. The molecule has 2 aromatic carbocycles. The lowest BCUT2D eigenvalue weighted by Crippen LogP contribution is -2.14. The second kappa shape index (κ2) is 10.9. The fourth-order valence-corrected chi connectivity index (χ4v) is 5.15. The molecule has 32 heavy (non-hydrogen) atoms. The van der Waals surface area contributed by atoms with Gasteiger partial charge >= 0.3 is 5.97 Å². The lowest BCUT2D eigenvalue weighted by atomic mass is 9.89. The highest BCUT2D eigenvalue weighted by Gasteiger charge is 2.24. The van der Waals surface area contributed by atoms with Gasteiger partial charge in [0.05, 0.1) is 27.7 Å². The van der Waals surface area contributed by atoms with E-state index in [-0.39, 0.29) is 11.8 Å². The normalized spacial score (nSPS) is 13.8. The van der Waals surface area contributed by atoms with Crippen LogP contribution in [0.3, 0.4) is 0 Å². The van der Waals surface area contributed by atoms with Gasteiger partial charge in [-0.05, 0) is 59.6 Å². The first-order valence-corrected chi connectivity index (χ1v) is 12.2. The molecule has 0 aliphatic carbocycles. The number of aliphatic carboxylic acids is 1. The third-order valence-corrected chi connectivity index (χ3v) is 7.09. The Morgan fingerprint density at radius 1 is 0.969 bits per heavy atom. The first kappa shape index (κ1) is 25.8. The molecule has 5 nitrogen and oxygen atoms in total. The molecule has 0 aromatic heterocycles. The Bertz CT molecular complexity index is 995. The van der Waals surface area contributed by atoms with Crippen LogP contribution in [0.4, 0.5) is 0 Å². The molecular formula is C26H35NO4S. The van der Waals surface area contributed by atoms with E-state index in [0.717, 1.165) is 16.0 Å². The monoisotopic (exact) mass is 457 g/mol. The molecule has 2 rings (SSSR count). The predicted octanol–water partition coefficient (Wildman–Crippen LogP) is 6.12. The molecule has 0 saturated carbocycles. The van der Waals surface area contributed by atoms with Gasteiger partial charge in [-0.3, -0.25) is 4.99 Å². The van der Waals surface area contributed by atoms with Gasteiger partial charge in [-0.15, -0.1) is 0 Å². The zero-order valence-electron chi connectivity index (χ0n) is 20.3. The van der Waals surface area contributed by atoms with E-state index in [1.165, 1.54) is 18.7 Å². The lowest BCUT2D eigenvalue weighted by Gasteiger charge is -2.23. The van der Waals surface area contributed by atoms with Crippen LogP contribution in [0.15, 0.2) is 45.1 Å². The minimum Gasteiger partial charge on any atom is -0.497 e. The number of carbonyl (C=O) groups is 1. The molecule has 2 atom stereocenters. The van der Waals surface area contributed by atoms with Gasteiger partial charge < -0.3 is 9.84 Å². The molecule has 0 spiro atoms. The van der Waals surface area contributed by atoms with Crippen LogP contribution >= 0.6 is 0 Å². The number of hydrogen-bond acceptors (Lipinski definition) is 4. The molecule has 0 saturated heterocycles. The van der Waals surface area contributed by atoms with Gasteiger partial charge in [-0.2, -0.15) is 0 Å². The zero-order valence-corrected chi connectivity index (χ0v) is 21.1. The highest BCUT2D eigenvalue weighted by molar-refractivity contribution is 7.85. The average Bonchev–Trinajstić information content (AvgIpc) is 2.75. The summed E-state index contributed by atoms with van der Waals surface area (Å²) in [5, 5.41) is 9.18. The average molecular weight is 458 g/mol. The molecule has 0 amide bonds. The number of methoxy groups -OCH3 is 1. The molecule has 2 unspecified atom stereocenters. The van der Waals surface area contributed by atoms with E-state index < -0.39 is 22.8 Å². The predicted molar refractivity (Wildman–Crippen MR) is 131 cm³/mol. The van der Waals surface area contributed by atoms with Crippen molar-refractivity contribution < 1.29 is 18.8 Å². The number of nitrogens with zero attached hydrogens (tertiary/aromatic N) is 1. The van der Waals surface area contributed by atoms with Crippen molar-refractivity contribution in [1.82, 2.24) is 0 Å². The quantitative estimate of drug-likeness (QED) is 0.460. The molecule has 0 heterocycles. The summed E-state index contributed by atoms with van der Waals surface area (Å²) >= 11 is 0. The summed E-state index contributed by atoms with van der Waals surface area (Å²) in [6.07, 6.45) is 1.49. The van der Waals surface area contributed by atoms with Crippen molar-refractivity contribution >= 4 is 23.0 Å². The zero-order chi connectivity index (χ0) is 24.2. The minimum absolute atomic E-state index is 0.201. The first-order chi connectivity index (χ1) is 15.0. The highest BCUT2D eigenvalue weighted by Crippen LogP contribution is 2.37. The Hall–Kier alpha value is -2.47. The summed E-state index contributed by atoms with van der Waals surface area (Å²) < 4.78 is 19.4. The Labute approximate surface area is 194 Å². The summed E-state index contributed by atoms with van der Waals surface area (Å²) in [6.45, 7) is 14.3. The molecule has 174 valence electrons. The van der Waals surface area contributed by atoms with Gasteiger partial charge in [-0.1, -0.05) is 53.7 Å². The van der Waals surface area contributed by atoms with E-state index in [1.807, 2.05) is 0 Å². The van der Waals surface area contributed by atoms with Crippen molar-refractivity contribution in [2.75, 3.05) is 7.11 Å². The van der Waals surface area contributed by atoms with E-state index in [0.29, 0.717) is 22.1 Å². The van der Waals surface area contributed by atoms with Gasteiger partial charge in [0.1, 0.15) is 11.8 Å². The maximum Gasteiger partial charge on any atom is 0.328 e. The molecule has 0 bridgehead atoms. The standard InChI is InChI=1S/C26H35NO4S/c1-15(2)19-12-22(16(3)4)25(23(13-19)17(5)6)32(30)24-10-9-21(31-8)11-20(24)14-27-18(7)26(28)29/h9-18H,1-8H3,(H,28,29). The van der Waals surface area contributed by atoms with Crippen molar-refractivity contribution in [3.05, 3.63) is 52.6 Å². The van der Waals surface area contributed by atoms with Crippen LogP contribution in [0.1, 0.15) is 88.5 Å². The van der Waals surface area contributed by atoms with E-state index in [2.05, 4.69) is 58.7 Å². The van der Waals surface area contributed by atoms with Crippen molar-refractivity contribution in [1.29, 1.82) is 0 Å². The van der Waals surface area contributed by atoms with E-state index in [4.69, 9.17) is 4.74 Å². The van der Waals surface area contributed by atoms with Crippen LogP contribution in [0, 0.1) is 0 Å². The molecular weight excluding hydrogens is 422 g/mol. The van der Waals surface area contributed by atoms with Gasteiger partial charge in [-0.25, -0.2) is 9.00 Å². The second-order valence-corrected chi connectivity index (χ2v) is 10.3. The van der Waals surface area contributed by atoms with Crippen LogP contribution < -0.4 is 4.74 Å². The summed E-state index contributed by atoms with van der Waals surface area (Å²) in [5.41, 5.74) is 3.99. The summed E-state index contributed by atoms with van der Waals surface area (Å²) in [5.74, 6) is 0.354. The van der Waals surface area contributed by atoms with Crippen LogP contribution in [0.25, 0.3) is 0 Å². The summed E-state index contributed by atoms with van der Waals surface area (Å²) in [7, 11) is 0.0867. The molecule has 0 fully saturated rings. The lowest BCUT2D eigenvalue weighted by molar-refractivity contribution is -0.137. The molecule has 6 heteroatoms. The molecule has 0 aliphatic heterocycles. The van der Waals surface area contributed by atoms with Crippen molar-refractivity contribution in [3.8, 4) is 5.75 Å². The smallest absolute Gasteiger partial charge is 0.328 e. The molecule has 0 aliphatic rings. The number of carboxylic acids is 1. The number of aliphatic imine (C=N–C) groups is 1. The van der Waals surface area contributed by atoms with Crippen LogP contribution in [0.5, 0.6) is 5.75 Å². The largest absolute Gasteiger partial charge is 0.497 e. The fourth-order valence-electron chi connectivity index (χ4n) is 3.39. The van der Waals surface area contributed by atoms with E-state index in [1.54, 1.807) is 25.3 Å². The van der Waals surface area contributed by atoms with Crippen molar-refractivity contribution in [3.63, 3.8) is 0 Å². The maximum atomic E-state index is 14.1. The van der Waals surface area contributed by atoms with Crippen LogP contribution in [-0.4, -0.2) is 34.7 Å². The van der Waals surface area contributed by atoms with Crippen LogP contribution in [0.2, 0.25) is 0 Å². The Morgan fingerprint density at radius 2 is 1.53 bits per heavy atom. The molecule has 1 N–H and O–H groups in total. The number of ether oxygens (including phenoxy) is 1. The fraction of sp³-hybridized carbons (Fsp3) is 0.462. The van der Waals surface area contributed by atoms with E-state index in [9.17, 15) is 14.1 Å². The highest BCUT2D eigenvalue weighted by atomic mass is 32.2. The Kier molecular flexibility index (Phi) is 8.79. The SMILES string of the molecule is COc1ccc(S(=O)c2c(C(C)C)cc(C(C)C)cc2C(C)C)c(C=NC(C)C(=O)O)c1. The minimum atomic E-state index is -1.47. The third-order valence-electron chi connectivity index (χ3n) is 5.48. The van der Waals surface area contributed by atoms with Crippen molar-refractivity contribution in [2.45, 2.75) is 82.1 Å². The number of carboxylic acid groups (broad SMARTS) is 1. The molecule has 0 radical (unpaired) electrons. The number of rotatable bonds is 9. The van der Waals surface area contributed by atoms with Gasteiger partial charge in [0.25, 0.3) is 0 Å². The van der Waals surface area contributed by atoms with Crippen LogP contribution in [-0.2, 0) is 15.6 Å². The van der Waals surface area contributed by atoms with E-state index >= 15 is 0 Å². The topological polar surface area (TPSA) is 76.0 Å². The Balaban J connectivity index is 2.75.